The summed E-state index contributed by atoms with van der Waals surface area (Å²) in [7, 11) is 1.64. The van der Waals surface area contributed by atoms with Crippen molar-refractivity contribution in [1.82, 2.24) is 20.2 Å². The maximum Gasteiger partial charge on any atom is 0.251 e. The Hall–Kier alpha value is -2.46. The van der Waals surface area contributed by atoms with Gasteiger partial charge in [-0.25, -0.2) is 13.8 Å². The lowest BCUT2D eigenvalue weighted by Crippen LogP contribution is -2.41. The first kappa shape index (κ1) is 25.2. The highest BCUT2D eigenvalue weighted by molar-refractivity contribution is 5.93. The van der Waals surface area contributed by atoms with Crippen LogP contribution in [0, 0.1) is 0 Å². The molecule has 10 heteroatoms. The molecule has 1 atom stereocenters. The van der Waals surface area contributed by atoms with Crippen molar-refractivity contribution >= 4 is 22.7 Å². The second-order valence-corrected chi connectivity index (χ2v) is 10.1. The minimum Gasteiger partial charge on any atom is -0.493 e. The van der Waals surface area contributed by atoms with Crippen LogP contribution in [0.1, 0.15) is 51.4 Å². The molecule has 0 saturated carbocycles. The molecule has 1 aromatic heterocycles. The Kier molecular flexibility index (Phi) is 7.90. The number of nitrogens with zero attached hydrogens (tertiary/aromatic N) is 4. The van der Waals surface area contributed by atoms with Gasteiger partial charge in [-0.05, 0) is 64.2 Å². The highest BCUT2D eigenvalue weighted by Gasteiger charge is 2.35. The molecule has 36 heavy (non-hydrogen) atoms. The normalized spacial score (nSPS) is 22.6. The van der Waals surface area contributed by atoms with E-state index in [2.05, 4.69) is 15.5 Å². The van der Waals surface area contributed by atoms with Crippen LogP contribution in [0.15, 0.2) is 12.1 Å². The Morgan fingerprint density at radius 3 is 2.58 bits per heavy atom. The maximum atomic E-state index is 13.8. The fraction of sp³-hybridized carbons (Fsp3) is 0.692. The molecule has 2 aromatic rings. The third kappa shape index (κ3) is 6.08. The zero-order valence-corrected chi connectivity index (χ0v) is 21.2. The van der Waals surface area contributed by atoms with Crippen LogP contribution in [0.5, 0.6) is 11.5 Å². The van der Waals surface area contributed by atoms with E-state index in [4.69, 9.17) is 19.4 Å². The summed E-state index contributed by atoms with van der Waals surface area (Å²) in [4.78, 5) is 13.9. The van der Waals surface area contributed by atoms with Gasteiger partial charge < -0.3 is 24.6 Å². The third-order valence-corrected chi connectivity index (χ3v) is 7.44. The van der Waals surface area contributed by atoms with Crippen LogP contribution in [0.25, 0.3) is 10.9 Å². The number of aromatic nitrogens is 2. The molecule has 0 amide bonds. The van der Waals surface area contributed by atoms with Gasteiger partial charge in [-0.2, -0.15) is 4.98 Å². The quantitative estimate of drug-likeness (QED) is 0.491. The Bertz CT molecular complexity index is 1020. The van der Waals surface area contributed by atoms with Gasteiger partial charge in [0.25, 0.3) is 5.92 Å². The number of alkyl halides is 2. The molecule has 4 heterocycles. The lowest BCUT2D eigenvalue weighted by molar-refractivity contribution is -0.0222. The number of likely N-dealkylation sites (tertiary alicyclic amines) is 1. The second kappa shape index (κ2) is 11.3. The number of benzene rings is 1. The topological polar surface area (TPSA) is 74.8 Å². The Balaban J connectivity index is 1.40. The molecule has 0 radical (unpaired) electrons. The zero-order valence-electron chi connectivity index (χ0n) is 21.2. The molecule has 198 valence electrons. The fourth-order valence-electron chi connectivity index (χ4n) is 5.30. The molecule has 0 aliphatic carbocycles. The van der Waals surface area contributed by atoms with E-state index in [0.717, 1.165) is 44.2 Å². The number of piperidine rings is 2. The molecular formula is C26H38F2N6O2. The van der Waals surface area contributed by atoms with Gasteiger partial charge in [-0.3, -0.25) is 5.32 Å². The van der Waals surface area contributed by atoms with Gasteiger partial charge in [-0.1, -0.05) is 0 Å². The molecule has 1 unspecified atom stereocenters. The van der Waals surface area contributed by atoms with E-state index in [1.165, 1.54) is 25.9 Å². The molecule has 3 fully saturated rings. The number of halogens is 2. The number of nitrogens with one attached hydrogen (secondary N) is 2. The van der Waals surface area contributed by atoms with Crippen LogP contribution in [-0.4, -0.2) is 79.9 Å². The van der Waals surface area contributed by atoms with E-state index in [-0.39, 0.29) is 32.1 Å². The highest BCUT2D eigenvalue weighted by atomic mass is 19.3. The Morgan fingerprint density at radius 1 is 1.06 bits per heavy atom. The summed E-state index contributed by atoms with van der Waals surface area (Å²) in [6.45, 7) is 5.39. The third-order valence-electron chi connectivity index (χ3n) is 7.44. The van der Waals surface area contributed by atoms with Crippen molar-refractivity contribution in [2.45, 2.75) is 63.5 Å². The van der Waals surface area contributed by atoms with Gasteiger partial charge in [-0.15, -0.1) is 0 Å². The van der Waals surface area contributed by atoms with Crippen LogP contribution >= 0.6 is 0 Å². The fourth-order valence-corrected chi connectivity index (χ4v) is 5.30. The second-order valence-electron chi connectivity index (χ2n) is 10.1. The van der Waals surface area contributed by atoms with Crippen molar-refractivity contribution < 1.29 is 18.3 Å². The average Bonchev–Trinajstić information content (AvgIpc) is 3.40. The molecule has 5 rings (SSSR count). The predicted octanol–water partition coefficient (Wildman–Crippen LogP) is 4.25. The number of methoxy groups -OCH3 is 1. The standard InChI is InChI=1S/C26H38F2N6O2/c1-35-21-17-19-20(18-22(21)36-16-6-13-33-11-4-5-12-33)30-25(34-14-8-26(27,28)9-15-34)32-24(19)31-23-7-2-3-10-29-23/h17-18,23,29H,2-16H2,1H3,(H,30,31,32). The van der Waals surface area contributed by atoms with Gasteiger partial charge in [0.1, 0.15) is 5.82 Å². The molecule has 8 nitrogen and oxygen atoms in total. The number of fused-ring (bicyclic) bond motifs is 1. The van der Waals surface area contributed by atoms with E-state index in [1.54, 1.807) is 7.11 Å². The SMILES string of the molecule is COc1cc2c(NC3CCCCN3)nc(N3CCC(F)(F)CC3)nc2cc1OCCCN1CCCC1. The van der Waals surface area contributed by atoms with E-state index in [9.17, 15) is 8.78 Å². The predicted molar refractivity (Wildman–Crippen MR) is 138 cm³/mol. The summed E-state index contributed by atoms with van der Waals surface area (Å²) >= 11 is 0. The Morgan fingerprint density at radius 2 is 1.86 bits per heavy atom. The van der Waals surface area contributed by atoms with Crippen molar-refractivity contribution in [2.75, 3.05) is 63.2 Å². The Labute approximate surface area is 211 Å². The van der Waals surface area contributed by atoms with Gasteiger partial charge in [0.15, 0.2) is 11.5 Å². The van der Waals surface area contributed by atoms with E-state index in [0.29, 0.717) is 35.4 Å². The first-order valence-corrected chi connectivity index (χ1v) is 13.4. The van der Waals surface area contributed by atoms with Crippen LogP contribution in [0.2, 0.25) is 0 Å². The molecular weight excluding hydrogens is 466 g/mol. The van der Waals surface area contributed by atoms with Crippen molar-refractivity contribution in [3.63, 3.8) is 0 Å². The summed E-state index contributed by atoms with van der Waals surface area (Å²) in [6.07, 6.45) is 6.52. The van der Waals surface area contributed by atoms with E-state index in [1.807, 2.05) is 17.0 Å². The van der Waals surface area contributed by atoms with Crippen molar-refractivity contribution in [2.24, 2.45) is 0 Å². The molecule has 3 aliphatic heterocycles. The smallest absolute Gasteiger partial charge is 0.251 e. The molecule has 0 spiro atoms. The maximum absolute atomic E-state index is 13.8. The summed E-state index contributed by atoms with van der Waals surface area (Å²) in [5, 5.41) is 7.86. The summed E-state index contributed by atoms with van der Waals surface area (Å²) in [6, 6.07) is 3.82. The van der Waals surface area contributed by atoms with Gasteiger partial charge in [0.2, 0.25) is 5.95 Å². The lowest BCUT2D eigenvalue weighted by atomic mass is 10.1. The van der Waals surface area contributed by atoms with Gasteiger partial charge in [0.05, 0.1) is 25.4 Å². The number of hydrogen-bond acceptors (Lipinski definition) is 8. The van der Waals surface area contributed by atoms with Crippen molar-refractivity contribution in [1.29, 1.82) is 0 Å². The minimum absolute atomic E-state index is 0.0999. The van der Waals surface area contributed by atoms with Crippen LogP contribution in [0.3, 0.4) is 0 Å². The monoisotopic (exact) mass is 504 g/mol. The van der Waals surface area contributed by atoms with Gasteiger partial charge in [0, 0.05) is 43.9 Å². The molecule has 3 aliphatic rings. The minimum atomic E-state index is -2.62. The summed E-state index contributed by atoms with van der Waals surface area (Å²) in [5.74, 6) is -0.184. The van der Waals surface area contributed by atoms with Crippen LogP contribution in [-0.2, 0) is 0 Å². The summed E-state index contributed by atoms with van der Waals surface area (Å²) in [5.41, 5.74) is 0.714. The van der Waals surface area contributed by atoms with E-state index < -0.39 is 5.92 Å². The zero-order chi connectivity index (χ0) is 25.0. The molecule has 3 saturated heterocycles. The number of ether oxygens (including phenoxy) is 2. The molecule has 0 bridgehead atoms. The number of anilines is 2. The van der Waals surface area contributed by atoms with Crippen LogP contribution in [0.4, 0.5) is 20.5 Å². The molecule has 1 aromatic carbocycles. The highest BCUT2D eigenvalue weighted by Crippen LogP contribution is 2.37. The lowest BCUT2D eigenvalue weighted by Gasteiger charge is -2.32. The van der Waals surface area contributed by atoms with Crippen molar-refractivity contribution in [3.05, 3.63) is 12.1 Å². The van der Waals surface area contributed by atoms with E-state index >= 15 is 0 Å². The van der Waals surface area contributed by atoms with Gasteiger partial charge >= 0.3 is 0 Å². The van der Waals surface area contributed by atoms with Crippen LogP contribution < -0.4 is 25.0 Å². The van der Waals surface area contributed by atoms with Crippen molar-refractivity contribution in [3.8, 4) is 11.5 Å². The summed E-state index contributed by atoms with van der Waals surface area (Å²) < 4.78 is 39.4. The average molecular weight is 505 g/mol. The number of hydrogen-bond donors (Lipinski definition) is 2. The number of rotatable bonds is 9. The first-order chi connectivity index (χ1) is 17.5. The molecule has 2 N–H and O–H groups in total. The first-order valence-electron chi connectivity index (χ1n) is 13.4. The largest absolute Gasteiger partial charge is 0.493 e.